The third-order valence-electron chi connectivity index (χ3n) is 20.9. The highest BCUT2D eigenvalue weighted by Crippen LogP contribution is 2.76. The maximum Gasteiger partial charge on any atom is 0.187 e. The maximum atomic E-state index is 12.8. The lowest BCUT2D eigenvalue weighted by molar-refractivity contribution is -0.378. The molecular weight excluding hydrogens is 1020 g/mol. The summed E-state index contributed by atoms with van der Waals surface area (Å²) in [5.41, 5.74) is -1.59. The fourth-order valence-corrected chi connectivity index (χ4v) is 16.3. The van der Waals surface area contributed by atoms with Crippen molar-refractivity contribution < 1.29 is 114 Å². The van der Waals surface area contributed by atoms with E-state index < -0.39 is 178 Å². The molecule has 15 N–H and O–H groups in total. The van der Waals surface area contributed by atoms with Crippen LogP contribution in [0.3, 0.4) is 0 Å². The molecule has 23 heteroatoms. The number of hydrogen-bond donors (Lipinski definition) is 15. The highest BCUT2D eigenvalue weighted by atomic mass is 16.8. The third-order valence-corrected chi connectivity index (χ3v) is 20.9. The van der Waals surface area contributed by atoms with E-state index in [0.717, 1.165) is 24.8 Å². The Morgan fingerprint density at radius 2 is 1.05 bits per heavy atom. The average Bonchev–Trinajstić information content (AvgIpc) is 3.96. The minimum absolute atomic E-state index is 0.0374. The second-order valence-corrected chi connectivity index (χ2v) is 25.7. The molecule has 20 unspecified atom stereocenters. The second kappa shape index (κ2) is 23.5. The largest absolute Gasteiger partial charge is 0.394 e. The third kappa shape index (κ3) is 10.9. The molecule has 4 saturated carbocycles. The van der Waals surface area contributed by atoms with E-state index in [1.807, 2.05) is 20.8 Å². The molecule has 23 nitrogen and oxygen atoms in total. The van der Waals surface area contributed by atoms with Crippen LogP contribution in [0.1, 0.15) is 113 Å². The lowest BCUT2D eigenvalue weighted by Crippen LogP contribution is -2.68. The summed E-state index contributed by atoms with van der Waals surface area (Å²) in [5.74, 6) is -0.475. The van der Waals surface area contributed by atoms with E-state index in [9.17, 15) is 76.6 Å². The van der Waals surface area contributed by atoms with Crippen LogP contribution in [0.2, 0.25) is 0 Å². The normalized spacial score (nSPS) is 52.7. The van der Waals surface area contributed by atoms with Gasteiger partial charge in [-0.05, 0) is 124 Å². The minimum Gasteiger partial charge on any atom is -0.394 e. The van der Waals surface area contributed by atoms with Gasteiger partial charge in [-0.25, -0.2) is 0 Å². The number of aliphatic hydroxyl groups is 15. The van der Waals surface area contributed by atoms with Crippen LogP contribution in [0, 0.1) is 45.3 Å². The first-order valence-electron chi connectivity index (χ1n) is 27.9. The van der Waals surface area contributed by atoms with E-state index in [2.05, 4.69) is 40.7 Å². The van der Waals surface area contributed by atoms with Gasteiger partial charge in [-0.1, -0.05) is 46.3 Å². The van der Waals surface area contributed by atoms with Crippen LogP contribution in [-0.4, -0.2) is 244 Å². The van der Waals surface area contributed by atoms with Crippen molar-refractivity contribution in [2.45, 2.75) is 254 Å². The molecule has 0 aromatic carbocycles. The van der Waals surface area contributed by atoms with Gasteiger partial charge in [0.15, 0.2) is 25.2 Å². The molecule has 4 aliphatic carbocycles. The van der Waals surface area contributed by atoms with Crippen molar-refractivity contribution >= 4 is 0 Å². The molecule has 4 heterocycles. The quantitative estimate of drug-likeness (QED) is 0.0576. The molecule has 0 aromatic heterocycles. The second-order valence-electron chi connectivity index (χ2n) is 25.7. The first kappa shape index (κ1) is 61.9. The summed E-state index contributed by atoms with van der Waals surface area (Å²) in [4.78, 5) is 0. The molecule has 77 heavy (non-hydrogen) atoms. The number of allylic oxidation sites excluding steroid dienone is 2. The highest BCUT2D eigenvalue weighted by Gasteiger charge is 2.72. The Hall–Kier alpha value is -1.18. The van der Waals surface area contributed by atoms with Crippen LogP contribution in [-0.2, 0) is 37.9 Å². The van der Waals surface area contributed by atoms with Crippen LogP contribution >= 0.6 is 0 Å². The van der Waals surface area contributed by atoms with Crippen molar-refractivity contribution in [3.05, 3.63) is 11.6 Å². The number of rotatable bonds is 16. The van der Waals surface area contributed by atoms with E-state index >= 15 is 0 Å². The van der Waals surface area contributed by atoms with Crippen LogP contribution in [0.15, 0.2) is 11.6 Å². The molecule has 446 valence electrons. The summed E-state index contributed by atoms with van der Waals surface area (Å²) >= 11 is 0. The standard InChI is InChI=1S/C54H92O23/c1-23(2)10-9-14-54(8,77-48-44(69)40(65)37(62)29(74-48)22-70-46-42(67)38(63)34(59)26(19-55)71-46)24-11-16-53(7)33(24)25(58)18-31-51(5)15-13-32(50(3,4)30(51)12-17-52(31,53)6)75-49-45(41(66)36(61)28(21-57)73-49)76-47-43(68)39(64)35(60)27(20-56)72-47/h10,24-49,55-69H,9,11-22H2,1-8H3/t24-,25+,26?,27?,28?,29?,30-,31+,32-,33-,34?,35?,36?,37?,38?,39?,40?,41?,42?,43?,44?,45?,46?,47?,48?,49?,51-,52+,53+,54-/m0/s1. The Bertz CT molecular complexity index is 1990. The summed E-state index contributed by atoms with van der Waals surface area (Å²) in [7, 11) is 0. The summed E-state index contributed by atoms with van der Waals surface area (Å²) < 4.78 is 48.9. The van der Waals surface area contributed by atoms with Gasteiger partial charge >= 0.3 is 0 Å². The zero-order chi connectivity index (χ0) is 56.6. The van der Waals surface area contributed by atoms with E-state index in [0.29, 0.717) is 38.5 Å². The first-order valence-corrected chi connectivity index (χ1v) is 27.9. The Labute approximate surface area is 450 Å². The lowest BCUT2D eigenvalue weighted by atomic mass is 9.35. The van der Waals surface area contributed by atoms with Crippen molar-refractivity contribution in [3.8, 4) is 0 Å². The van der Waals surface area contributed by atoms with E-state index in [-0.39, 0.29) is 34.5 Å². The molecule has 4 saturated heterocycles. The monoisotopic (exact) mass is 1110 g/mol. The number of hydrogen-bond acceptors (Lipinski definition) is 23. The van der Waals surface area contributed by atoms with Gasteiger partial charge < -0.3 is 114 Å². The zero-order valence-electron chi connectivity index (χ0n) is 45.8. The molecule has 4 aliphatic heterocycles. The zero-order valence-corrected chi connectivity index (χ0v) is 45.8. The molecule has 8 fully saturated rings. The first-order chi connectivity index (χ1) is 36.0. The lowest BCUT2D eigenvalue weighted by Gasteiger charge is -2.71. The van der Waals surface area contributed by atoms with E-state index in [1.54, 1.807) is 0 Å². The van der Waals surface area contributed by atoms with Gasteiger partial charge in [0.05, 0.1) is 44.2 Å². The number of ether oxygens (including phenoxy) is 8. The van der Waals surface area contributed by atoms with Crippen LogP contribution < -0.4 is 0 Å². The molecule has 8 rings (SSSR count). The van der Waals surface area contributed by atoms with E-state index in [1.165, 1.54) is 0 Å². The van der Waals surface area contributed by atoms with Gasteiger partial charge in [0.25, 0.3) is 0 Å². The molecule has 0 amide bonds. The van der Waals surface area contributed by atoms with Gasteiger partial charge in [0.1, 0.15) is 97.7 Å². The van der Waals surface area contributed by atoms with Crippen LogP contribution in [0.5, 0.6) is 0 Å². The SMILES string of the molecule is CC(C)=CCC[C@](C)(OC1OC(COC2OC(CO)C(O)C(O)C2O)C(O)C(O)C1O)[C@H]1CC[C@]2(C)[C@@H]1[C@H](O)C[C@@H]1[C@@]3(C)CC[C@H](OC4OC(CO)C(O)C(O)C4OC4OC(CO)C(O)C(O)C4O)C(C)(C)[C@@H]3CC[C@]12C. The Morgan fingerprint density at radius 3 is 1.64 bits per heavy atom. The smallest absolute Gasteiger partial charge is 0.187 e. The maximum absolute atomic E-state index is 12.8. The molecule has 0 aromatic rings. The summed E-state index contributed by atoms with van der Waals surface area (Å²) in [6, 6.07) is 0. The molecule has 8 aliphatic rings. The number of aliphatic hydroxyl groups excluding tert-OH is 15. The van der Waals surface area contributed by atoms with Crippen LogP contribution in [0.25, 0.3) is 0 Å². The molecule has 0 bridgehead atoms. The van der Waals surface area contributed by atoms with Gasteiger partial charge in [0.2, 0.25) is 0 Å². The van der Waals surface area contributed by atoms with Gasteiger partial charge in [-0.3, -0.25) is 0 Å². The topological polar surface area (TPSA) is 377 Å². The fraction of sp³-hybridized carbons (Fsp3) is 0.963. The predicted octanol–water partition coefficient (Wildman–Crippen LogP) is -2.20. The average molecular weight is 1110 g/mol. The molecule has 0 spiro atoms. The summed E-state index contributed by atoms with van der Waals surface area (Å²) in [6.45, 7) is 14.6. The van der Waals surface area contributed by atoms with E-state index in [4.69, 9.17) is 37.9 Å². The molecule has 30 atom stereocenters. The summed E-state index contributed by atoms with van der Waals surface area (Å²) in [6.07, 6.45) is -25.2. The van der Waals surface area contributed by atoms with Crippen molar-refractivity contribution in [1.29, 1.82) is 0 Å². The van der Waals surface area contributed by atoms with Crippen molar-refractivity contribution in [1.82, 2.24) is 0 Å². The van der Waals surface area contributed by atoms with Crippen molar-refractivity contribution in [2.24, 2.45) is 45.3 Å². The van der Waals surface area contributed by atoms with Crippen molar-refractivity contribution in [2.75, 3.05) is 26.4 Å². The van der Waals surface area contributed by atoms with Gasteiger partial charge in [-0.15, -0.1) is 0 Å². The highest BCUT2D eigenvalue weighted by molar-refractivity contribution is 5.20. The summed E-state index contributed by atoms with van der Waals surface area (Å²) in [5, 5.41) is 162. The van der Waals surface area contributed by atoms with Gasteiger partial charge in [-0.2, -0.15) is 0 Å². The fourth-order valence-electron chi connectivity index (χ4n) is 16.3. The van der Waals surface area contributed by atoms with Crippen molar-refractivity contribution in [3.63, 3.8) is 0 Å². The molecular formula is C54H92O23. The molecule has 0 radical (unpaired) electrons. The predicted molar refractivity (Wildman–Crippen MR) is 266 cm³/mol. The number of fused-ring (bicyclic) bond motifs is 5. The Kier molecular flexibility index (Phi) is 18.9. The Balaban J connectivity index is 1.01. The minimum atomic E-state index is -1.82. The Morgan fingerprint density at radius 1 is 0.545 bits per heavy atom. The van der Waals surface area contributed by atoms with Gasteiger partial charge in [0, 0.05) is 0 Å². The van der Waals surface area contributed by atoms with Crippen LogP contribution in [0.4, 0.5) is 0 Å².